The van der Waals surface area contributed by atoms with Crippen molar-refractivity contribution in [1.29, 1.82) is 0 Å². The maximum atomic E-state index is 13.4. The van der Waals surface area contributed by atoms with Crippen molar-refractivity contribution in [3.05, 3.63) is 35.9 Å². The van der Waals surface area contributed by atoms with Crippen LogP contribution in [0, 0.1) is 0 Å². The lowest BCUT2D eigenvalue weighted by Gasteiger charge is -2.43. The molecule has 1 aromatic carbocycles. The Morgan fingerprint density at radius 2 is 1.33 bits per heavy atom. The molecular formula is C31H42N2O15. The van der Waals surface area contributed by atoms with Crippen molar-refractivity contribution in [3.63, 3.8) is 0 Å². The second-order valence-electron chi connectivity index (χ2n) is 11.6. The number of hydrogen-bond acceptors (Lipinski definition) is 15. The van der Waals surface area contributed by atoms with Crippen LogP contribution >= 0.6 is 0 Å². The van der Waals surface area contributed by atoms with Gasteiger partial charge in [-0.05, 0) is 26.3 Å². The molecule has 17 nitrogen and oxygen atoms in total. The van der Waals surface area contributed by atoms with Gasteiger partial charge in [0.25, 0.3) is 0 Å². The molecule has 48 heavy (non-hydrogen) atoms. The Hall–Kier alpha value is -4.77. The minimum absolute atomic E-state index is 0.118. The third-order valence-electron chi connectivity index (χ3n) is 6.25. The molecule has 0 unspecified atom stereocenters. The third-order valence-corrected chi connectivity index (χ3v) is 6.25. The predicted molar refractivity (Wildman–Crippen MR) is 160 cm³/mol. The molecule has 0 bridgehead atoms. The van der Waals surface area contributed by atoms with Gasteiger partial charge in [-0.3, -0.25) is 24.0 Å². The van der Waals surface area contributed by atoms with E-state index in [1.807, 2.05) is 0 Å². The van der Waals surface area contributed by atoms with E-state index in [4.69, 9.17) is 33.2 Å². The van der Waals surface area contributed by atoms with Crippen molar-refractivity contribution in [2.24, 2.45) is 0 Å². The Kier molecular flexibility index (Phi) is 14.7. The highest BCUT2D eigenvalue weighted by molar-refractivity contribution is 5.90. The normalized spacial score (nSPS) is 21.7. The Morgan fingerprint density at radius 3 is 1.85 bits per heavy atom. The molecule has 1 aliphatic heterocycles. The number of rotatable bonds is 13. The molecule has 3 N–H and O–H groups in total. The van der Waals surface area contributed by atoms with E-state index in [1.165, 1.54) is 0 Å². The average molecular weight is 683 g/mol. The van der Waals surface area contributed by atoms with Crippen molar-refractivity contribution >= 4 is 41.8 Å². The summed E-state index contributed by atoms with van der Waals surface area (Å²) in [6.45, 7) is 7.61. The summed E-state index contributed by atoms with van der Waals surface area (Å²) < 4.78 is 37.3. The number of ether oxygens (including phenoxy) is 7. The number of carbonyl (C=O) groups is 7. The number of hydrogen-bond donors (Lipinski definition) is 3. The van der Waals surface area contributed by atoms with Crippen LogP contribution < -0.4 is 10.6 Å². The largest absolute Gasteiger partial charge is 0.463 e. The number of nitrogens with one attached hydrogen (secondary N) is 2. The molecule has 1 fully saturated rings. The van der Waals surface area contributed by atoms with E-state index in [9.17, 15) is 38.7 Å². The van der Waals surface area contributed by atoms with E-state index in [2.05, 4.69) is 10.6 Å². The smallest absolute Gasteiger partial charge is 0.410 e. The highest BCUT2D eigenvalue weighted by Crippen LogP contribution is 2.30. The second kappa shape index (κ2) is 18.0. The van der Waals surface area contributed by atoms with E-state index in [1.54, 1.807) is 51.1 Å². The number of carbonyl (C=O) groups excluding carboxylic acids is 7. The Balaban J connectivity index is 2.41. The first kappa shape index (κ1) is 39.4. The van der Waals surface area contributed by atoms with Gasteiger partial charge in [-0.15, -0.1) is 0 Å². The molecule has 1 heterocycles. The van der Waals surface area contributed by atoms with Crippen LogP contribution in [0.25, 0.3) is 0 Å². The number of amides is 2. The summed E-state index contributed by atoms with van der Waals surface area (Å²) in [5, 5.41) is 14.5. The maximum absolute atomic E-state index is 13.4. The van der Waals surface area contributed by atoms with Crippen LogP contribution in [-0.4, -0.2) is 109 Å². The molecule has 1 aromatic rings. The number of benzene rings is 1. The van der Waals surface area contributed by atoms with Gasteiger partial charge < -0.3 is 48.9 Å². The van der Waals surface area contributed by atoms with Crippen LogP contribution in [0.4, 0.5) is 4.79 Å². The molecule has 2 amide bonds. The van der Waals surface area contributed by atoms with Gasteiger partial charge in [0.1, 0.15) is 24.4 Å². The number of aliphatic hydroxyl groups excluding tert-OH is 1. The van der Waals surface area contributed by atoms with Gasteiger partial charge in [-0.25, -0.2) is 9.59 Å². The van der Waals surface area contributed by atoms with Gasteiger partial charge in [-0.1, -0.05) is 30.3 Å². The van der Waals surface area contributed by atoms with Crippen molar-refractivity contribution in [2.45, 2.75) is 103 Å². The van der Waals surface area contributed by atoms with Crippen molar-refractivity contribution in [3.8, 4) is 0 Å². The molecule has 0 aliphatic carbocycles. The SMILES string of the molecule is CC(=O)OC[C@H]1O[C@@H](OC(=O)N[C@@H](Cc2ccccc2)C(=O)N[C@@H](CO)C(=O)OC(C)(C)C)[C@H](OC(C)=O)[C@@H](OC(C)=O)[C@H]1OC(C)=O. The zero-order valence-corrected chi connectivity index (χ0v) is 27.7. The Morgan fingerprint density at radius 1 is 0.771 bits per heavy atom. The molecule has 7 atom stereocenters. The molecule has 0 spiro atoms. The number of alkyl carbamates (subject to hydrolysis) is 1. The maximum Gasteiger partial charge on any atom is 0.410 e. The molecule has 0 saturated carbocycles. The van der Waals surface area contributed by atoms with Gasteiger partial charge in [0.05, 0.1) is 6.61 Å². The fourth-order valence-corrected chi connectivity index (χ4v) is 4.45. The highest BCUT2D eigenvalue weighted by atomic mass is 16.8. The molecule has 0 aromatic heterocycles. The third kappa shape index (κ3) is 13.2. The molecule has 0 radical (unpaired) electrons. The first-order valence-electron chi connectivity index (χ1n) is 14.9. The number of esters is 5. The summed E-state index contributed by atoms with van der Waals surface area (Å²) >= 11 is 0. The number of aliphatic hydroxyl groups is 1. The second-order valence-corrected chi connectivity index (χ2v) is 11.6. The van der Waals surface area contributed by atoms with E-state index in [-0.39, 0.29) is 6.42 Å². The van der Waals surface area contributed by atoms with Gasteiger partial charge in [0.2, 0.25) is 18.3 Å². The quantitative estimate of drug-likeness (QED) is 0.187. The van der Waals surface area contributed by atoms with Crippen molar-refractivity contribution in [1.82, 2.24) is 10.6 Å². The van der Waals surface area contributed by atoms with Gasteiger partial charge in [-0.2, -0.15) is 0 Å². The summed E-state index contributed by atoms with van der Waals surface area (Å²) in [7, 11) is 0. The molecule has 1 saturated heterocycles. The van der Waals surface area contributed by atoms with E-state index < -0.39 is 103 Å². The molecule has 266 valence electrons. The molecule has 2 rings (SSSR count). The molecule has 17 heteroatoms. The van der Waals surface area contributed by atoms with Crippen molar-refractivity contribution in [2.75, 3.05) is 13.2 Å². The minimum atomic E-state index is -1.86. The summed E-state index contributed by atoms with van der Waals surface area (Å²) in [4.78, 5) is 87.0. The van der Waals surface area contributed by atoms with Crippen LogP contribution in [0.5, 0.6) is 0 Å². The van der Waals surface area contributed by atoms with E-state index in [0.29, 0.717) is 5.56 Å². The fraction of sp³-hybridized carbons (Fsp3) is 0.581. The molecular weight excluding hydrogens is 640 g/mol. The Bertz CT molecular complexity index is 1310. The van der Waals surface area contributed by atoms with Crippen LogP contribution in [0.1, 0.15) is 54.0 Å². The summed E-state index contributed by atoms with van der Waals surface area (Å²) in [6.07, 6.45) is -9.48. The molecule has 1 aliphatic rings. The first-order valence-corrected chi connectivity index (χ1v) is 14.9. The standard InChI is InChI=1S/C31H42N2O15/c1-16(35)42-15-23-24(43-17(2)36)25(44-18(3)37)26(45-19(4)38)29(46-23)47-30(41)33-21(13-20-11-9-8-10-12-20)27(39)32-22(14-34)28(40)48-31(5,6)7/h8-12,21-26,29,34H,13-15H2,1-7H3,(H,32,39)(H,33,41)/t21-,22-,23+,24-,25-,26+,29-/m0/s1. The zero-order chi connectivity index (χ0) is 36.2. The lowest BCUT2D eigenvalue weighted by Crippen LogP contribution is -2.63. The van der Waals surface area contributed by atoms with Crippen LogP contribution in [0.3, 0.4) is 0 Å². The van der Waals surface area contributed by atoms with Crippen LogP contribution in [-0.2, 0) is 68.3 Å². The van der Waals surface area contributed by atoms with E-state index >= 15 is 0 Å². The van der Waals surface area contributed by atoms with Crippen LogP contribution in [0.15, 0.2) is 30.3 Å². The van der Waals surface area contributed by atoms with Crippen LogP contribution in [0.2, 0.25) is 0 Å². The van der Waals surface area contributed by atoms with Gasteiger partial charge >= 0.3 is 35.9 Å². The lowest BCUT2D eigenvalue weighted by atomic mass is 9.98. The topological polar surface area (TPSA) is 228 Å². The van der Waals surface area contributed by atoms with Crippen molar-refractivity contribution < 1.29 is 71.8 Å². The Labute approximate surface area is 276 Å². The summed E-state index contributed by atoms with van der Waals surface area (Å²) in [6, 6.07) is 5.56. The van der Waals surface area contributed by atoms with Gasteiger partial charge in [0, 0.05) is 34.1 Å². The summed E-state index contributed by atoms with van der Waals surface area (Å²) in [5.41, 5.74) is -0.339. The highest BCUT2D eigenvalue weighted by Gasteiger charge is 2.54. The van der Waals surface area contributed by atoms with E-state index in [0.717, 1.165) is 27.7 Å². The zero-order valence-electron chi connectivity index (χ0n) is 27.7. The average Bonchev–Trinajstić information content (AvgIpc) is 2.96. The predicted octanol–water partition coefficient (Wildman–Crippen LogP) is 0.226. The lowest BCUT2D eigenvalue weighted by molar-refractivity contribution is -0.294. The monoisotopic (exact) mass is 682 g/mol. The first-order chi connectivity index (χ1) is 22.4. The minimum Gasteiger partial charge on any atom is -0.463 e. The summed E-state index contributed by atoms with van der Waals surface area (Å²) in [5.74, 6) is -5.24. The van der Waals surface area contributed by atoms with Gasteiger partial charge in [0.15, 0.2) is 18.2 Å². The fourth-order valence-electron chi connectivity index (χ4n) is 4.45.